The Morgan fingerprint density at radius 2 is 1.96 bits per heavy atom. The number of likely N-dealkylation sites (N-methyl/N-ethyl adjacent to an activating group) is 1. The molecular weight excluding hydrogens is 689 g/mol. The number of hydrogen-bond acceptors (Lipinski definition) is 8. The third kappa shape index (κ3) is 10.1. The van der Waals surface area contributed by atoms with Gasteiger partial charge in [-0.05, 0) is 69.2 Å². The summed E-state index contributed by atoms with van der Waals surface area (Å²) in [6.07, 6.45) is 4.33. The van der Waals surface area contributed by atoms with Crippen molar-refractivity contribution < 1.29 is 65.3 Å². The van der Waals surface area contributed by atoms with Gasteiger partial charge < -0.3 is 35.9 Å². The first-order chi connectivity index (χ1) is 24.1. The first-order valence-corrected chi connectivity index (χ1v) is 18.8. The Hall–Kier alpha value is -2.05. The number of nitrogens with two attached hydrogens (primary N) is 1. The standard InChI is InChI=1S/C33H37FN6O2S.C4H11N.C2H6.K/c1-4-6-20-13-22(32(37-18-40-12-10-19(2)15-40)38-27-7-5-11-39(3)33(27)41)24-16-42-17-25(24)28(20)21-8-9-26(34)30-29(21)23(14-35)31(36)43-30;1-4(2)5-3;1-2;/h8-9,18-19,27H,4-7,10-12,15-17,36H2,1-3H3,(H,37,38);4-5H,1-3H3;1-2H3;/q-2;;;+1. The summed E-state index contributed by atoms with van der Waals surface area (Å²) >= 11 is 1.10. The minimum absolute atomic E-state index is 0. The van der Waals surface area contributed by atoms with Crippen LogP contribution in [0.3, 0.4) is 0 Å². The molecule has 1 aromatic heterocycles. The average Bonchev–Trinajstić information content (AvgIpc) is 3.85. The van der Waals surface area contributed by atoms with Crippen molar-refractivity contribution in [2.24, 2.45) is 10.9 Å². The number of carbonyl (C=O) groups is 1. The maximum atomic E-state index is 15.0. The second-order valence-corrected chi connectivity index (χ2v) is 14.4. The molecule has 3 aromatic rings. The second-order valence-electron chi connectivity index (χ2n) is 13.3. The predicted octanol–water partition coefficient (Wildman–Crippen LogP) is 4.01. The van der Waals surface area contributed by atoms with E-state index in [1.54, 1.807) is 11.0 Å². The van der Waals surface area contributed by atoms with E-state index in [1.165, 1.54) is 6.07 Å². The van der Waals surface area contributed by atoms with Crippen molar-refractivity contribution in [2.75, 3.05) is 39.5 Å². The molecule has 4 N–H and O–H groups in total. The summed E-state index contributed by atoms with van der Waals surface area (Å²) in [4.78, 5) is 22.1. The number of ether oxygens (including phenoxy) is 1. The number of nitrogens with zero attached hydrogens (tertiary/aromatic N) is 4. The van der Waals surface area contributed by atoms with Gasteiger partial charge in [0.15, 0.2) is 0 Å². The number of likely N-dealkylation sites (tertiary alicyclic amines) is 2. The Balaban J connectivity index is 0.000000809. The number of amidine groups is 1. The fourth-order valence-electron chi connectivity index (χ4n) is 6.54. The maximum Gasteiger partial charge on any atom is 1.00 e. The Kier molecular flexibility index (Phi) is 17.4. The van der Waals surface area contributed by atoms with E-state index in [9.17, 15) is 14.4 Å². The van der Waals surface area contributed by atoms with Crippen LogP contribution in [0.2, 0.25) is 0 Å². The van der Waals surface area contributed by atoms with Gasteiger partial charge in [0.2, 0.25) is 5.91 Å². The van der Waals surface area contributed by atoms with E-state index < -0.39 is 5.82 Å². The molecule has 4 heterocycles. The van der Waals surface area contributed by atoms with Crippen molar-refractivity contribution >= 4 is 38.2 Å². The van der Waals surface area contributed by atoms with Crippen LogP contribution in [-0.2, 0) is 29.2 Å². The largest absolute Gasteiger partial charge is 1.00 e. The van der Waals surface area contributed by atoms with Crippen LogP contribution < -0.4 is 67.8 Å². The first-order valence-electron chi connectivity index (χ1n) is 18.0. The molecule has 0 bridgehead atoms. The molecule has 2 atom stereocenters. The molecule has 6 rings (SSSR count). The minimum atomic E-state index is -0.394. The summed E-state index contributed by atoms with van der Waals surface area (Å²) in [5.41, 5.74) is 11.8. The molecule has 9 nitrogen and oxygen atoms in total. The number of carbonyl (C=O) groups excluding carboxylic acids is 1. The van der Waals surface area contributed by atoms with Crippen LogP contribution in [0.4, 0.5) is 9.39 Å². The van der Waals surface area contributed by atoms with Crippen LogP contribution in [0.5, 0.6) is 0 Å². The Bertz CT molecular complexity index is 1720. The number of anilines is 1. The van der Waals surface area contributed by atoms with Gasteiger partial charge in [-0.1, -0.05) is 71.8 Å². The number of rotatable bonds is 8. The zero-order valence-corrected chi connectivity index (χ0v) is 35.9. The van der Waals surface area contributed by atoms with Gasteiger partial charge in [-0.2, -0.15) is 5.26 Å². The molecule has 2 unspecified atom stereocenters. The topological polar surface area (TPSA) is 119 Å². The number of benzene rings is 2. The van der Waals surface area contributed by atoms with Crippen molar-refractivity contribution in [1.29, 1.82) is 5.26 Å². The van der Waals surface area contributed by atoms with Gasteiger partial charge in [0.05, 0.1) is 22.9 Å². The molecule has 2 saturated heterocycles. The van der Waals surface area contributed by atoms with Gasteiger partial charge in [0.25, 0.3) is 0 Å². The SMILES string of the molecule is CC.CCCc1[c-]c(/C(=N\[CH-]N2CCC(C)C2)NC2CCCN(C)C2=O)c2c(c1-c1ccc(F)c3sc(N)c(C#N)c13)COC2.CNC(C)C.[K+]. The molecule has 3 aliphatic rings. The maximum absolute atomic E-state index is 15.0. The van der Waals surface area contributed by atoms with E-state index in [2.05, 4.69) is 55.4 Å². The van der Waals surface area contributed by atoms with Gasteiger partial charge in [-0.25, -0.2) is 4.39 Å². The number of hydrogen-bond donors (Lipinski definition) is 3. The fourth-order valence-corrected chi connectivity index (χ4v) is 7.49. The Morgan fingerprint density at radius 1 is 1.25 bits per heavy atom. The fraction of sp³-hybridized carbons (Fsp3) is 0.538. The summed E-state index contributed by atoms with van der Waals surface area (Å²) in [5.74, 6) is 0.878. The molecule has 0 aliphatic carbocycles. The molecule has 0 spiro atoms. The Morgan fingerprint density at radius 3 is 2.59 bits per heavy atom. The van der Waals surface area contributed by atoms with Gasteiger partial charge in [-0.15, -0.1) is 34.1 Å². The number of aryl methyl sites for hydroxylation is 1. The first kappa shape index (κ1) is 43.4. The number of amides is 1. The number of piperidine rings is 1. The van der Waals surface area contributed by atoms with E-state index >= 15 is 0 Å². The molecule has 272 valence electrons. The van der Waals surface area contributed by atoms with Crippen LogP contribution in [0.15, 0.2) is 17.1 Å². The van der Waals surface area contributed by atoms with Crippen LogP contribution in [0.1, 0.15) is 95.0 Å². The van der Waals surface area contributed by atoms with Crippen LogP contribution >= 0.6 is 11.3 Å². The van der Waals surface area contributed by atoms with Gasteiger partial charge in [0, 0.05) is 31.6 Å². The number of halogens is 1. The van der Waals surface area contributed by atoms with Gasteiger partial charge in [0.1, 0.15) is 16.9 Å². The number of fused-ring (bicyclic) bond motifs is 2. The third-order valence-electron chi connectivity index (χ3n) is 9.33. The zero-order valence-electron chi connectivity index (χ0n) is 32.0. The quantitative estimate of drug-likeness (QED) is 0.138. The minimum Gasteiger partial charge on any atom is -0.438 e. The normalized spacial score (nSPS) is 18.7. The van der Waals surface area contributed by atoms with E-state index in [0.29, 0.717) is 58.1 Å². The van der Waals surface area contributed by atoms with Crippen LogP contribution in [0, 0.1) is 35.8 Å². The van der Waals surface area contributed by atoms with Crippen molar-refractivity contribution in [3.63, 3.8) is 0 Å². The predicted molar refractivity (Wildman–Crippen MR) is 203 cm³/mol. The van der Waals surface area contributed by atoms with Crippen molar-refractivity contribution in [3.05, 3.63) is 58.5 Å². The summed E-state index contributed by atoms with van der Waals surface area (Å²) in [6.45, 7) is 17.8. The summed E-state index contributed by atoms with van der Waals surface area (Å²) < 4.78 is 21.4. The van der Waals surface area contributed by atoms with Crippen molar-refractivity contribution in [3.8, 4) is 17.2 Å². The number of aliphatic imine (C=N–C) groups is 1. The molecule has 0 saturated carbocycles. The number of nitrogen functional groups attached to an aromatic ring is 1. The van der Waals surface area contributed by atoms with E-state index in [0.717, 1.165) is 90.0 Å². The molecule has 51 heavy (non-hydrogen) atoms. The van der Waals surface area contributed by atoms with Gasteiger partial charge in [-0.3, -0.25) is 4.79 Å². The summed E-state index contributed by atoms with van der Waals surface area (Å²) in [6, 6.07) is 9.35. The summed E-state index contributed by atoms with van der Waals surface area (Å²) in [7, 11) is 3.79. The molecule has 2 fully saturated rings. The monoisotopic (exact) mass is 742 g/mol. The van der Waals surface area contributed by atoms with Crippen molar-refractivity contribution in [2.45, 2.75) is 98.9 Å². The van der Waals surface area contributed by atoms with Crippen LogP contribution in [-0.4, -0.2) is 67.4 Å². The molecular formula is C39H54FKN7O2S-. The molecule has 12 heteroatoms. The molecule has 0 radical (unpaired) electrons. The van der Waals surface area contributed by atoms with E-state index in [-0.39, 0.29) is 63.3 Å². The molecule has 1 amide bonds. The van der Waals surface area contributed by atoms with Gasteiger partial charge >= 0.3 is 51.4 Å². The Labute approximate surface area is 351 Å². The second kappa shape index (κ2) is 20.4. The number of nitriles is 1. The molecule has 3 aliphatic heterocycles. The summed E-state index contributed by atoms with van der Waals surface area (Å²) in [5, 5.41) is 17.4. The molecule has 2 aromatic carbocycles. The average molecular weight is 743 g/mol. The van der Waals surface area contributed by atoms with Crippen molar-refractivity contribution in [1.82, 2.24) is 20.4 Å². The zero-order chi connectivity index (χ0) is 36.5. The van der Waals surface area contributed by atoms with E-state index in [4.69, 9.17) is 15.5 Å². The third-order valence-corrected chi connectivity index (χ3v) is 10.4. The van der Waals surface area contributed by atoms with E-state index in [1.807, 2.05) is 34.6 Å². The smallest absolute Gasteiger partial charge is 0.438 e. The number of thiophene rings is 1. The van der Waals surface area contributed by atoms with Crippen LogP contribution in [0.25, 0.3) is 21.2 Å². The number of nitrogens with one attached hydrogen (secondary N) is 2.